The standard InChI is InChI=1S/C11H19O2S.C10H16O4S/c1-2-3-4-11(13)9-14-7-5-10(12)6-8-14;1-9(2)6-4-5-10(9,3)8(11)7(6)15(12,13)14/h2-9H2,1H3;6-7H,4-5H2,1-3H3,(H,12,13,14)/q+1;/p-1. The number of Topliss-reactive ketones (excluding diaryl/α,β-unsaturated/α-hetero) is 3. The monoisotopic (exact) mass is 446 g/mol. The first-order valence-corrected chi connectivity index (χ1v) is 13.7. The Bertz CT molecular complexity index is 747. The summed E-state index contributed by atoms with van der Waals surface area (Å²) < 4.78 is 33.3. The lowest BCUT2D eigenvalue weighted by Gasteiger charge is -2.32. The van der Waals surface area contributed by atoms with Crippen LogP contribution in [0.4, 0.5) is 0 Å². The summed E-state index contributed by atoms with van der Waals surface area (Å²) in [5, 5.41) is -1.30. The average Bonchev–Trinajstić information content (AvgIpc) is 2.94. The van der Waals surface area contributed by atoms with E-state index in [1.807, 2.05) is 13.8 Å². The number of fused-ring (bicyclic) bond motifs is 2. The summed E-state index contributed by atoms with van der Waals surface area (Å²) in [4.78, 5) is 34.4. The second-order valence-electron chi connectivity index (χ2n) is 9.32. The number of carbonyl (C=O) groups excluding carboxylic acids is 3. The molecule has 6 nitrogen and oxygen atoms in total. The fourth-order valence-corrected chi connectivity index (χ4v) is 8.42. The Labute approximate surface area is 177 Å². The molecule has 2 bridgehead atoms. The Hall–Kier alpha value is -0.730. The summed E-state index contributed by atoms with van der Waals surface area (Å²) in [6.07, 6.45) is 5.66. The maximum atomic E-state index is 12.0. The molecule has 3 rings (SSSR count). The van der Waals surface area contributed by atoms with Gasteiger partial charge in [0.05, 0.1) is 12.8 Å². The molecule has 1 aliphatic heterocycles. The molecule has 8 heteroatoms. The maximum absolute atomic E-state index is 12.0. The quantitative estimate of drug-likeness (QED) is 0.458. The van der Waals surface area contributed by atoms with E-state index in [2.05, 4.69) is 6.92 Å². The van der Waals surface area contributed by atoms with Crippen LogP contribution >= 0.6 is 0 Å². The minimum Gasteiger partial charge on any atom is -0.747 e. The van der Waals surface area contributed by atoms with Gasteiger partial charge in [0.25, 0.3) is 0 Å². The fourth-order valence-electron chi connectivity index (χ4n) is 4.90. The van der Waals surface area contributed by atoms with Crippen molar-refractivity contribution in [3.8, 4) is 0 Å². The number of unbranched alkanes of at least 4 members (excludes halogenated alkanes) is 1. The molecule has 2 aliphatic carbocycles. The van der Waals surface area contributed by atoms with Crippen LogP contribution in [0.15, 0.2) is 0 Å². The summed E-state index contributed by atoms with van der Waals surface area (Å²) in [6.45, 7) is 7.69. The molecule has 1 heterocycles. The van der Waals surface area contributed by atoms with Crippen LogP contribution < -0.4 is 0 Å². The summed E-state index contributed by atoms with van der Waals surface area (Å²) in [5.74, 6) is 2.82. The van der Waals surface area contributed by atoms with E-state index in [0.29, 0.717) is 37.2 Å². The number of rotatable bonds is 6. The molecule has 2 saturated carbocycles. The zero-order valence-corrected chi connectivity index (χ0v) is 19.6. The van der Waals surface area contributed by atoms with Crippen LogP contribution in [-0.4, -0.2) is 52.8 Å². The molecule has 3 atom stereocenters. The van der Waals surface area contributed by atoms with Gasteiger partial charge in [-0.25, -0.2) is 8.42 Å². The minimum absolute atomic E-state index is 0.231. The maximum Gasteiger partial charge on any atom is 0.181 e. The number of hydrogen-bond donors (Lipinski definition) is 0. The van der Waals surface area contributed by atoms with E-state index in [-0.39, 0.29) is 28.0 Å². The zero-order valence-electron chi connectivity index (χ0n) is 18.0. The third-order valence-electron chi connectivity index (χ3n) is 7.30. The molecule has 0 spiro atoms. The van der Waals surface area contributed by atoms with Crippen molar-refractivity contribution in [1.82, 2.24) is 0 Å². The van der Waals surface area contributed by atoms with Crippen molar-refractivity contribution in [2.45, 2.75) is 77.9 Å². The molecule has 0 amide bonds. The van der Waals surface area contributed by atoms with Gasteiger partial charge < -0.3 is 4.55 Å². The lowest BCUT2D eigenvalue weighted by Crippen LogP contribution is -2.38. The third-order valence-corrected chi connectivity index (χ3v) is 10.8. The van der Waals surface area contributed by atoms with Gasteiger partial charge in [-0.15, -0.1) is 0 Å². The molecule has 0 aromatic rings. The van der Waals surface area contributed by atoms with Crippen molar-refractivity contribution in [3.05, 3.63) is 0 Å². The van der Waals surface area contributed by atoms with E-state index in [9.17, 15) is 27.4 Å². The largest absolute Gasteiger partial charge is 0.747 e. The van der Waals surface area contributed by atoms with Gasteiger partial charge in [0.2, 0.25) is 0 Å². The van der Waals surface area contributed by atoms with Gasteiger partial charge in [-0.1, -0.05) is 34.1 Å². The summed E-state index contributed by atoms with van der Waals surface area (Å²) in [7, 11) is -4.26. The van der Waals surface area contributed by atoms with Crippen LogP contribution in [0, 0.1) is 16.7 Å². The third kappa shape index (κ3) is 5.13. The van der Waals surface area contributed by atoms with Crippen molar-refractivity contribution in [2.75, 3.05) is 17.3 Å². The Morgan fingerprint density at radius 2 is 1.76 bits per heavy atom. The molecule has 0 aromatic heterocycles. The highest BCUT2D eigenvalue weighted by Crippen LogP contribution is 2.64. The Morgan fingerprint density at radius 3 is 2.17 bits per heavy atom. The molecular weight excluding hydrogens is 412 g/mol. The van der Waals surface area contributed by atoms with Gasteiger partial charge in [0.1, 0.15) is 32.7 Å². The molecule has 3 unspecified atom stereocenters. The van der Waals surface area contributed by atoms with Crippen LogP contribution in [-0.2, 0) is 35.4 Å². The highest BCUT2D eigenvalue weighted by Gasteiger charge is 2.67. The molecule has 0 radical (unpaired) electrons. The van der Waals surface area contributed by atoms with Gasteiger partial charge >= 0.3 is 0 Å². The molecule has 0 aromatic carbocycles. The van der Waals surface area contributed by atoms with Crippen molar-refractivity contribution >= 4 is 38.4 Å². The van der Waals surface area contributed by atoms with Crippen molar-refractivity contribution in [3.63, 3.8) is 0 Å². The predicted molar refractivity (Wildman–Crippen MR) is 114 cm³/mol. The number of carbonyl (C=O) groups is 3. The number of hydrogen-bond acceptors (Lipinski definition) is 6. The van der Waals surface area contributed by atoms with E-state index in [1.165, 1.54) is 0 Å². The first kappa shape index (κ1) is 24.5. The molecule has 29 heavy (non-hydrogen) atoms. The summed E-state index contributed by atoms with van der Waals surface area (Å²) in [5.41, 5.74) is -0.994. The SMILES string of the molecule is CC12CCC(C(S(=O)(=O)[O-])C1=O)C2(C)C.CCCCC(=O)C[S+]1CCC(=O)CC1. The van der Waals surface area contributed by atoms with Gasteiger partial charge in [-0.2, -0.15) is 0 Å². The smallest absolute Gasteiger partial charge is 0.181 e. The van der Waals surface area contributed by atoms with E-state index >= 15 is 0 Å². The average molecular weight is 447 g/mol. The molecule has 1 saturated heterocycles. The van der Waals surface area contributed by atoms with E-state index < -0.39 is 20.8 Å². The van der Waals surface area contributed by atoms with Crippen LogP contribution in [0.3, 0.4) is 0 Å². The molecule has 166 valence electrons. The highest BCUT2D eigenvalue weighted by molar-refractivity contribution is 7.97. The highest BCUT2D eigenvalue weighted by atomic mass is 32.2. The Balaban J connectivity index is 0.000000208. The van der Waals surface area contributed by atoms with Crippen LogP contribution in [0.25, 0.3) is 0 Å². The molecular formula is C21H34O6S2. The molecule has 3 fully saturated rings. The Morgan fingerprint density at radius 1 is 1.17 bits per heavy atom. The van der Waals surface area contributed by atoms with Gasteiger partial charge in [0.15, 0.2) is 17.3 Å². The topological polar surface area (TPSA) is 108 Å². The first-order valence-electron chi connectivity index (χ1n) is 10.5. The predicted octanol–water partition coefficient (Wildman–Crippen LogP) is 2.65. The lowest BCUT2D eigenvalue weighted by atomic mass is 9.70. The molecule has 3 aliphatic rings. The van der Waals surface area contributed by atoms with Crippen molar-refractivity contribution in [1.29, 1.82) is 0 Å². The van der Waals surface area contributed by atoms with Gasteiger partial charge in [-0.3, -0.25) is 14.4 Å². The van der Waals surface area contributed by atoms with Crippen LogP contribution in [0.1, 0.15) is 72.6 Å². The lowest BCUT2D eigenvalue weighted by molar-refractivity contribution is -0.128. The molecule has 0 N–H and O–H groups in total. The summed E-state index contributed by atoms with van der Waals surface area (Å²) in [6, 6.07) is 0. The number of ketones is 3. The van der Waals surface area contributed by atoms with E-state index in [1.54, 1.807) is 6.92 Å². The van der Waals surface area contributed by atoms with Crippen LogP contribution in [0.5, 0.6) is 0 Å². The minimum atomic E-state index is -4.49. The van der Waals surface area contributed by atoms with Crippen molar-refractivity contribution < 1.29 is 27.4 Å². The van der Waals surface area contributed by atoms with Gasteiger partial charge in [-0.05, 0) is 41.5 Å². The van der Waals surface area contributed by atoms with E-state index in [4.69, 9.17) is 0 Å². The second-order valence-corrected chi connectivity index (χ2v) is 13.1. The second kappa shape index (κ2) is 9.18. The summed E-state index contributed by atoms with van der Waals surface area (Å²) >= 11 is 0. The normalized spacial score (nSPS) is 31.5. The fraction of sp³-hybridized carbons (Fsp3) is 0.857. The van der Waals surface area contributed by atoms with Gasteiger partial charge in [0, 0.05) is 11.8 Å². The first-order chi connectivity index (χ1) is 13.3. The van der Waals surface area contributed by atoms with Crippen molar-refractivity contribution in [2.24, 2.45) is 16.7 Å². The van der Waals surface area contributed by atoms with E-state index in [0.717, 1.165) is 36.5 Å². The van der Waals surface area contributed by atoms with Crippen LogP contribution in [0.2, 0.25) is 0 Å². The Kier molecular flexibility index (Phi) is 7.77. The zero-order chi connectivity index (χ0) is 22.0.